The van der Waals surface area contributed by atoms with E-state index >= 15 is 0 Å². The third kappa shape index (κ3) is 4.19. The Kier molecular flexibility index (Phi) is 5.31. The van der Waals surface area contributed by atoms with E-state index in [1.165, 1.54) is 0 Å². The van der Waals surface area contributed by atoms with Crippen LogP contribution in [0.4, 0.5) is 0 Å². The van der Waals surface area contributed by atoms with Crippen LogP contribution in [0.1, 0.15) is 34.5 Å². The van der Waals surface area contributed by atoms with Gasteiger partial charge in [0.25, 0.3) is 5.91 Å². The first-order chi connectivity index (χ1) is 10.6. The van der Waals surface area contributed by atoms with Gasteiger partial charge in [0.2, 0.25) is 5.91 Å². The molecule has 2 aromatic carbocycles. The molecule has 0 bridgehead atoms. The molecule has 0 fully saturated rings. The Bertz CT molecular complexity index is 653. The molecule has 2 N–H and O–H groups in total. The SMILES string of the molecule is Cc1ccccc1[C@@H](C)NC(=O)CNC(=O)c1ccccc1. The van der Waals surface area contributed by atoms with E-state index in [1.54, 1.807) is 24.3 Å². The van der Waals surface area contributed by atoms with E-state index in [-0.39, 0.29) is 24.4 Å². The molecule has 0 heterocycles. The van der Waals surface area contributed by atoms with Crippen molar-refractivity contribution < 1.29 is 9.59 Å². The molecule has 0 aliphatic carbocycles. The van der Waals surface area contributed by atoms with E-state index in [9.17, 15) is 9.59 Å². The van der Waals surface area contributed by atoms with Crippen molar-refractivity contribution in [1.82, 2.24) is 10.6 Å². The van der Waals surface area contributed by atoms with Crippen molar-refractivity contribution in [3.05, 3.63) is 71.3 Å². The second kappa shape index (κ2) is 7.41. The number of carbonyl (C=O) groups excluding carboxylic acids is 2. The number of benzene rings is 2. The maximum atomic E-state index is 11.9. The summed E-state index contributed by atoms with van der Waals surface area (Å²) >= 11 is 0. The summed E-state index contributed by atoms with van der Waals surface area (Å²) in [6.07, 6.45) is 0. The number of hydrogen-bond acceptors (Lipinski definition) is 2. The van der Waals surface area contributed by atoms with Crippen LogP contribution >= 0.6 is 0 Å². The highest BCUT2D eigenvalue weighted by molar-refractivity contribution is 5.96. The van der Waals surface area contributed by atoms with Gasteiger partial charge in [-0.05, 0) is 37.1 Å². The van der Waals surface area contributed by atoms with E-state index in [4.69, 9.17) is 0 Å². The molecule has 22 heavy (non-hydrogen) atoms. The molecule has 0 saturated heterocycles. The summed E-state index contributed by atoms with van der Waals surface area (Å²) in [6, 6.07) is 16.7. The lowest BCUT2D eigenvalue weighted by atomic mass is 10.0. The number of aryl methyl sites for hydroxylation is 1. The smallest absolute Gasteiger partial charge is 0.251 e. The quantitative estimate of drug-likeness (QED) is 0.891. The van der Waals surface area contributed by atoms with Crippen molar-refractivity contribution in [2.45, 2.75) is 19.9 Å². The molecule has 0 spiro atoms. The van der Waals surface area contributed by atoms with Gasteiger partial charge in [0.05, 0.1) is 12.6 Å². The van der Waals surface area contributed by atoms with Gasteiger partial charge in [-0.25, -0.2) is 0 Å². The average molecular weight is 296 g/mol. The highest BCUT2D eigenvalue weighted by atomic mass is 16.2. The summed E-state index contributed by atoms with van der Waals surface area (Å²) in [6.45, 7) is 3.90. The zero-order valence-corrected chi connectivity index (χ0v) is 12.8. The first-order valence-electron chi connectivity index (χ1n) is 7.26. The molecule has 4 heteroatoms. The highest BCUT2D eigenvalue weighted by Crippen LogP contribution is 2.16. The van der Waals surface area contributed by atoms with Crippen LogP contribution in [0.3, 0.4) is 0 Å². The van der Waals surface area contributed by atoms with Gasteiger partial charge < -0.3 is 10.6 Å². The summed E-state index contributed by atoms with van der Waals surface area (Å²) in [4.78, 5) is 23.8. The molecule has 1 atom stereocenters. The molecule has 0 saturated carbocycles. The zero-order valence-electron chi connectivity index (χ0n) is 12.8. The molecule has 2 amide bonds. The van der Waals surface area contributed by atoms with Crippen molar-refractivity contribution in [3.8, 4) is 0 Å². The Morgan fingerprint density at radius 2 is 1.64 bits per heavy atom. The topological polar surface area (TPSA) is 58.2 Å². The maximum Gasteiger partial charge on any atom is 0.251 e. The molecule has 2 aromatic rings. The molecule has 4 nitrogen and oxygen atoms in total. The number of carbonyl (C=O) groups is 2. The Balaban J connectivity index is 1.86. The van der Waals surface area contributed by atoms with Gasteiger partial charge in [0.1, 0.15) is 0 Å². The van der Waals surface area contributed by atoms with Gasteiger partial charge in [0, 0.05) is 5.56 Å². The minimum absolute atomic E-state index is 0.0377. The van der Waals surface area contributed by atoms with E-state index in [1.807, 2.05) is 44.2 Å². The third-order valence-electron chi connectivity index (χ3n) is 3.48. The lowest BCUT2D eigenvalue weighted by Crippen LogP contribution is -2.38. The third-order valence-corrected chi connectivity index (χ3v) is 3.48. The number of nitrogens with one attached hydrogen (secondary N) is 2. The largest absolute Gasteiger partial charge is 0.348 e. The molecule has 0 aliphatic rings. The fourth-order valence-electron chi connectivity index (χ4n) is 2.30. The predicted octanol–water partition coefficient (Wildman–Crippen LogP) is 2.60. The lowest BCUT2D eigenvalue weighted by molar-refractivity contribution is -0.120. The van der Waals surface area contributed by atoms with Crippen molar-refractivity contribution in [2.75, 3.05) is 6.54 Å². The van der Waals surface area contributed by atoms with Crippen LogP contribution in [-0.4, -0.2) is 18.4 Å². The van der Waals surface area contributed by atoms with Crippen LogP contribution in [0.5, 0.6) is 0 Å². The summed E-state index contributed by atoms with van der Waals surface area (Å²) in [5.74, 6) is -0.459. The van der Waals surface area contributed by atoms with E-state index in [2.05, 4.69) is 10.6 Å². The molecule has 114 valence electrons. The molecular formula is C18H20N2O2. The molecule has 2 rings (SSSR count). The number of rotatable bonds is 5. The average Bonchev–Trinajstić information content (AvgIpc) is 2.53. The monoisotopic (exact) mass is 296 g/mol. The summed E-state index contributed by atoms with van der Waals surface area (Å²) in [7, 11) is 0. The second-order valence-corrected chi connectivity index (χ2v) is 5.19. The van der Waals surface area contributed by atoms with Crippen LogP contribution in [0.25, 0.3) is 0 Å². The van der Waals surface area contributed by atoms with Gasteiger partial charge in [-0.3, -0.25) is 9.59 Å². The Hall–Kier alpha value is -2.62. The van der Waals surface area contributed by atoms with Crippen LogP contribution < -0.4 is 10.6 Å². The number of amides is 2. The summed E-state index contributed by atoms with van der Waals surface area (Å²) in [5.41, 5.74) is 2.75. The first-order valence-corrected chi connectivity index (χ1v) is 7.26. The summed E-state index contributed by atoms with van der Waals surface area (Å²) < 4.78 is 0. The fourth-order valence-corrected chi connectivity index (χ4v) is 2.30. The van der Waals surface area contributed by atoms with Gasteiger partial charge in [-0.15, -0.1) is 0 Å². The van der Waals surface area contributed by atoms with E-state index in [0.29, 0.717) is 5.56 Å². The van der Waals surface area contributed by atoms with E-state index in [0.717, 1.165) is 11.1 Å². The predicted molar refractivity (Wildman–Crippen MR) is 86.5 cm³/mol. The van der Waals surface area contributed by atoms with Crippen LogP contribution in [0.15, 0.2) is 54.6 Å². The van der Waals surface area contributed by atoms with Crippen LogP contribution in [-0.2, 0) is 4.79 Å². The Labute approximate surface area is 130 Å². The van der Waals surface area contributed by atoms with Crippen molar-refractivity contribution in [3.63, 3.8) is 0 Å². The van der Waals surface area contributed by atoms with Gasteiger partial charge in [-0.1, -0.05) is 42.5 Å². The Morgan fingerprint density at radius 1 is 1.00 bits per heavy atom. The first kappa shape index (κ1) is 15.8. The van der Waals surface area contributed by atoms with Crippen molar-refractivity contribution in [2.24, 2.45) is 0 Å². The maximum absolute atomic E-state index is 11.9. The second-order valence-electron chi connectivity index (χ2n) is 5.19. The van der Waals surface area contributed by atoms with E-state index < -0.39 is 0 Å². The van der Waals surface area contributed by atoms with Crippen LogP contribution in [0.2, 0.25) is 0 Å². The molecule has 0 aliphatic heterocycles. The number of hydrogen-bond donors (Lipinski definition) is 2. The molecule has 0 radical (unpaired) electrons. The Morgan fingerprint density at radius 3 is 2.32 bits per heavy atom. The van der Waals surface area contributed by atoms with Gasteiger partial charge in [0.15, 0.2) is 0 Å². The summed E-state index contributed by atoms with van der Waals surface area (Å²) in [5, 5.41) is 5.51. The zero-order chi connectivity index (χ0) is 15.9. The lowest BCUT2D eigenvalue weighted by Gasteiger charge is -2.16. The van der Waals surface area contributed by atoms with Crippen LogP contribution in [0, 0.1) is 6.92 Å². The van der Waals surface area contributed by atoms with Gasteiger partial charge >= 0.3 is 0 Å². The standard InChI is InChI=1S/C18H20N2O2/c1-13-8-6-7-11-16(13)14(2)20-17(21)12-19-18(22)15-9-4-3-5-10-15/h3-11,14H,12H2,1-2H3,(H,19,22)(H,20,21)/t14-/m1/s1. The highest BCUT2D eigenvalue weighted by Gasteiger charge is 2.12. The minimum atomic E-state index is -0.251. The van der Waals surface area contributed by atoms with Crippen molar-refractivity contribution >= 4 is 11.8 Å². The van der Waals surface area contributed by atoms with Gasteiger partial charge in [-0.2, -0.15) is 0 Å². The molecule has 0 unspecified atom stereocenters. The molecule has 0 aromatic heterocycles. The molecular weight excluding hydrogens is 276 g/mol. The minimum Gasteiger partial charge on any atom is -0.348 e. The fraction of sp³-hybridized carbons (Fsp3) is 0.222. The van der Waals surface area contributed by atoms with Crippen molar-refractivity contribution in [1.29, 1.82) is 0 Å². The normalized spacial score (nSPS) is 11.5.